The second kappa shape index (κ2) is 5.59. The van der Waals surface area contributed by atoms with Gasteiger partial charge in [-0.25, -0.2) is 0 Å². The van der Waals surface area contributed by atoms with Crippen molar-refractivity contribution < 1.29 is 14.6 Å². The van der Waals surface area contributed by atoms with Crippen molar-refractivity contribution in [3.63, 3.8) is 0 Å². The molecule has 1 fully saturated rings. The SMILES string of the molecule is COc1ccc(CN2CCC(C(=O)O)C2)cc1Cl. The number of carboxylic acids is 1. The number of methoxy groups -OCH3 is 1. The van der Waals surface area contributed by atoms with Gasteiger partial charge in [-0.3, -0.25) is 9.69 Å². The van der Waals surface area contributed by atoms with Crippen molar-refractivity contribution in [2.24, 2.45) is 5.92 Å². The Balaban J connectivity index is 1.98. The molecule has 0 saturated carbocycles. The summed E-state index contributed by atoms with van der Waals surface area (Å²) in [5.41, 5.74) is 1.08. The van der Waals surface area contributed by atoms with Gasteiger partial charge in [-0.1, -0.05) is 17.7 Å². The van der Waals surface area contributed by atoms with Crippen LogP contribution >= 0.6 is 11.6 Å². The minimum Gasteiger partial charge on any atom is -0.495 e. The summed E-state index contributed by atoms with van der Waals surface area (Å²) in [6, 6.07) is 5.66. The van der Waals surface area contributed by atoms with Crippen LogP contribution in [0.25, 0.3) is 0 Å². The van der Waals surface area contributed by atoms with Gasteiger partial charge in [-0.05, 0) is 30.7 Å². The molecular formula is C13H16ClNO3. The van der Waals surface area contributed by atoms with Crippen LogP contribution in [0, 0.1) is 5.92 Å². The first-order chi connectivity index (χ1) is 8.60. The fourth-order valence-electron chi connectivity index (χ4n) is 2.24. The lowest BCUT2D eigenvalue weighted by atomic mass is 10.1. The van der Waals surface area contributed by atoms with Gasteiger partial charge in [0.2, 0.25) is 0 Å². The lowest BCUT2D eigenvalue weighted by Crippen LogP contribution is -2.22. The van der Waals surface area contributed by atoms with Gasteiger partial charge < -0.3 is 9.84 Å². The Hall–Kier alpha value is -1.26. The molecule has 1 aliphatic rings. The molecule has 1 aliphatic heterocycles. The lowest BCUT2D eigenvalue weighted by molar-refractivity contribution is -0.141. The van der Waals surface area contributed by atoms with E-state index in [9.17, 15) is 4.79 Å². The van der Waals surface area contributed by atoms with E-state index >= 15 is 0 Å². The molecule has 1 heterocycles. The summed E-state index contributed by atoms with van der Waals surface area (Å²) in [5.74, 6) is -0.283. The van der Waals surface area contributed by atoms with Crippen LogP contribution < -0.4 is 4.74 Å². The van der Waals surface area contributed by atoms with Gasteiger partial charge in [0.25, 0.3) is 0 Å². The Bertz CT molecular complexity index is 450. The second-order valence-corrected chi connectivity index (χ2v) is 4.94. The molecule has 2 rings (SSSR count). The predicted molar refractivity (Wildman–Crippen MR) is 69.0 cm³/mol. The summed E-state index contributed by atoms with van der Waals surface area (Å²) in [4.78, 5) is 13.0. The van der Waals surface area contributed by atoms with Crippen LogP contribution in [0.15, 0.2) is 18.2 Å². The number of aliphatic carboxylic acids is 1. The first kappa shape index (κ1) is 13.2. The zero-order chi connectivity index (χ0) is 13.1. The predicted octanol–water partition coefficient (Wildman–Crippen LogP) is 2.26. The number of hydrogen-bond acceptors (Lipinski definition) is 3. The fraction of sp³-hybridized carbons (Fsp3) is 0.462. The van der Waals surface area contributed by atoms with Crippen LogP contribution in [-0.2, 0) is 11.3 Å². The van der Waals surface area contributed by atoms with E-state index in [1.54, 1.807) is 7.11 Å². The fourth-order valence-corrected chi connectivity index (χ4v) is 2.52. The third kappa shape index (κ3) is 2.94. The van der Waals surface area contributed by atoms with Crippen molar-refractivity contribution in [3.8, 4) is 5.75 Å². The highest BCUT2D eigenvalue weighted by atomic mass is 35.5. The van der Waals surface area contributed by atoms with Crippen molar-refractivity contribution in [1.29, 1.82) is 0 Å². The molecule has 1 aromatic rings. The van der Waals surface area contributed by atoms with Crippen molar-refractivity contribution in [1.82, 2.24) is 4.90 Å². The monoisotopic (exact) mass is 269 g/mol. The molecular weight excluding hydrogens is 254 g/mol. The summed E-state index contributed by atoms with van der Waals surface area (Å²) >= 11 is 6.06. The molecule has 1 N–H and O–H groups in total. The van der Waals surface area contributed by atoms with Crippen molar-refractivity contribution in [2.45, 2.75) is 13.0 Å². The summed E-state index contributed by atoms with van der Waals surface area (Å²) in [6.45, 7) is 2.16. The molecule has 0 aliphatic carbocycles. The number of benzene rings is 1. The third-order valence-electron chi connectivity index (χ3n) is 3.24. The molecule has 1 atom stereocenters. The topological polar surface area (TPSA) is 49.8 Å². The van der Waals surface area contributed by atoms with Gasteiger partial charge in [-0.2, -0.15) is 0 Å². The molecule has 98 valence electrons. The molecule has 0 aromatic heterocycles. The van der Waals surface area contributed by atoms with E-state index < -0.39 is 5.97 Å². The first-order valence-corrected chi connectivity index (χ1v) is 6.25. The van der Waals surface area contributed by atoms with Gasteiger partial charge in [0, 0.05) is 13.1 Å². The molecule has 4 nitrogen and oxygen atoms in total. The van der Waals surface area contributed by atoms with E-state index in [4.69, 9.17) is 21.4 Å². The van der Waals surface area contributed by atoms with E-state index in [-0.39, 0.29) is 5.92 Å². The molecule has 1 aromatic carbocycles. The number of hydrogen-bond donors (Lipinski definition) is 1. The Morgan fingerprint density at radius 2 is 2.39 bits per heavy atom. The maximum absolute atomic E-state index is 10.9. The summed E-state index contributed by atoms with van der Waals surface area (Å²) in [5, 5.41) is 9.53. The number of likely N-dealkylation sites (tertiary alicyclic amines) is 1. The van der Waals surface area contributed by atoms with Crippen LogP contribution in [0.2, 0.25) is 5.02 Å². The molecule has 0 spiro atoms. The van der Waals surface area contributed by atoms with E-state index in [1.165, 1.54) is 0 Å². The summed E-state index contributed by atoms with van der Waals surface area (Å²) < 4.78 is 5.10. The molecule has 5 heteroatoms. The van der Waals surface area contributed by atoms with E-state index in [2.05, 4.69) is 4.90 Å². The number of ether oxygens (including phenoxy) is 1. The second-order valence-electron chi connectivity index (χ2n) is 4.53. The standard InChI is InChI=1S/C13H16ClNO3/c1-18-12-3-2-9(6-11(12)14)7-15-5-4-10(8-15)13(16)17/h2-3,6,10H,4-5,7-8H2,1H3,(H,16,17). The highest BCUT2D eigenvalue weighted by Gasteiger charge is 2.27. The normalized spacial score (nSPS) is 20.0. The molecule has 0 bridgehead atoms. The minimum absolute atomic E-state index is 0.237. The van der Waals surface area contributed by atoms with Crippen LogP contribution in [0.4, 0.5) is 0 Å². The third-order valence-corrected chi connectivity index (χ3v) is 3.54. The Morgan fingerprint density at radius 3 is 2.94 bits per heavy atom. The average Bonchev–Trinajstić information content (AvgIpc) is 2.78. The van der Waals surface area contributed by atoms with Gasteiger partial charge in [-0.15, -0.1) is 0 Å². The molecule has 18 heavy (non-hydrogen) atoms. The van der Waals surface area contributed by atoms with E-state index in [0.717, 1.165) is 25.1 Å². The lowest BCUT2D eigenvalue weighted by Gasteiger charge is -2.15. The Morgan fingerprint density at radius 1 is 1.61 bits per heavy atom. The quantitative estimate of drug-likeness (QED) is 0.911. The van der Waals surface area contributed by atoms with Gasteiger partial charge in [0.15, 0.2) is 0 Å². The molecule has 0 amide bonds. The number of halogens is 1. The van der Waals surface area contributed by atoms with Crippen molar-refractivity contribution >= 4 is 17.6 Å². The van der Waals surface area contributed by atoms with Crippen LogP contribution in [0.5, 0.6) is 5.75 Å². The van der Waals surface area contributed by atoms with E-state index in [0.29, 0.717) is 17.3 Å². The zero-order valence-corrected chi connectivity index (χ0v) is 11.0. The molecule has 0 radical (unpaired) electrons. The van der Waals surface area contributed by atoms with Crippen LogP contribution in [-0.4, -0.2) is 36.2 Å². The maximum Gasteiger partial charge on any atom is 0.307 e. The van der Waals surface area contributed by atoms with Gasteiger partial charge >= 0.3 is 5.97 Å². The summed E-state index contributed by atoms with van der Waals surface area (Å²) in [7, 11) is 1.58. The highest BCUT2D eigenvalue weighted by molar-refractivity contribution is 6.32. The minimum atomic E-state index is -0.703. The van der Waals surface area contributed by atoms with Crippen molar-refractivity contribution in [2.75, 3.05) is 20.2 Å². The van der Waals surface area contributed by atoms with Crippen molar-refractivity contribution in [3.05, 3.63) is 28.8 Å². The Labute approximate surface area is 111 Å². The summed E-state index contributed by atoms with van der Waals surface area (Å²) in [6.07, 6.45) is 0.721. The highest BCUT2D eigenvalue weighted by Crippen LogP contribution is 2.26. The number of nitrogens with zero attached hydrogens (tertiary/aromatic N) is 1. The molecule has 1 saturated heterocycles. The zero-order valence-electron chi connectivity index (χ0n) is 10.2. The maximum atomic E-state index is 10.9. The number of carboxylic acid groups (broad SMARTS) is 1. The number of carbonyl (C=O) groups is 1. The molecule has 1 unspecified atom stereocenters. The average molecular weight is 270 g/mol. The van der Waals surface area contributed by atoms with Gasteiger partial charge in [0.1, 0.15) is 5.75 Å². The smallest absolute Gasteiger partial charge is 0.307 e. The Kier molecular flexibility index (Phi) is 4.09. The van der Waals surface area contributed by atoms with Crippen LogP contribution in [0.1, 0.15) is 12.0 Å². The first-order valence-electron chi connectivity index (χ1n) is 5.87. The van der Waals surface area contributed by atoms with Gasteiger partial charge in [0.05, 0.1) is 18.1 Å². The van der Waals surface area contributed by atoms with Crippen LogP contribution in [0.3, 0.4) is 0 Å². The number of rotatable bonds is 4. The van der Waals surface area contributed by atoms with E-state index in [1.807, 2.05) is 18.2 Å². The largest absolute Gasteiger partial charge is 0.495 e.